The first-order valence-corrected chi connectivity index (χ1v) is 54.9. The van der Waals surface area contributed by atoms with Crippen LogP contribution in [0.15, 0.2) is 97.1 Å². The lowest BCUT2D eigenvalue weighted by Gasteiger charge is -2.45. The summed E-state index contributed by atoms with van der Waals surface area (Å²) in [4.78, 5) is 0. The number of benzene rings is 4. The number of nitrogens with zero attached hydrogens (tertiary/aromatic N) is 1. The van der Waals surface area contributed by atoms with Crippen LogP contribution in [0.25, 0.3) is 0 Å². The molecule has 0 bridgehead atoms. The fraction of sp³-hybridized carbons (Fsp3) is 0.724. The van der Waals surface area contributed by atoms with Crippen molar-refractivity contribution in [2.45, 2.75) is 407 Å². The van der Waals surface area contributed by atoms with Crippen molar-refractivity contribution in [3.63, 3.8) is 0 Å². The summed E-state index contributed by atoms with van der Waals surface area (Å²) in [6, 6.07) is 61.8. The molecule has 0 saturated heterocycles. The molecule has 0 amide bonds. The lowest BCUT2D eigenvalue weighted by molar-refractivity contribution is 0.393. The van der Waals surface area contributed by atoms with Gasteiger partial charge in [-0.3, -0.25) is 0 Å². The van der Waals surface area contributed by atoms with Crippen molar-refractivity contribution in [2.75, 3.05) is 0 Å². The molecule has 0 fully saturated rings. The van der Waals surface area contributed by atoms with Gasteiger partial charge in [-0.2, -0.15) is 0 Å². The molecule has 534 valence electrons. The van der Waals surface area contributed by atoms with E-state index in [2.05, 4.69) is 198 Å². The molecule has 7 heteroatoms. The average molecular weight is 1390 g/mol. The number of unbranched alkanes of at least 4 members (excludes halogenated alkanes) is 20. The third-order valence-electron chi connectivity index (χ3n) is 22.7. The standard InChI is InChI=1S/C87H155NP2Si4/c1-15-29-31-33-35-37-39-41-43-45-47-49-79(50-48-46-44-42-40-38-36-34-32-30-16-2)88(89(80-51-59-84(60-52-80)91(67-17-3,68-18-4)69-19-5)81-53-61-85(62-54-81)92(70-20-6,71-21-7)72-22-8)90(82-55-63-86(64-56-82)93(73-23-9,74-24-10)75-25-11)83-57-65-87(66-58-83)94(76-26-12,77-27-13)78-28-14/h51-66,79H,15-50,67-78H2,1-14H3. The summed E-state index contributed by atoms with van der Waals surface area (Å²) in [7, 11) is -8.66. The number of rotatable bonds is 59. The van der Waals surface area contributed by atoms with Crippen molar-refractivity contribution in [2.24, 2.45) is 0 Å². The predicted octanol–water partition coefficient (Wildman–Crippen LogP) is 26.7. The van der Waals surface area contributed by atoms with Gasteiger partial charge in [-0.15, -0.1) is 0 Å². The van der Waals surface area contributed by atoms with Gasteiger partial charge in [-0.05, 0) is 34.1 Å². The van der Waals surface area contributed by atoms with Gasteiger partial charge >= 0.3 is 0 Å². The highest BCUT2D eigenvalue weighted by Crippen LogP contribution is 2.57. The molecule has 0 aliphatic rings. The Bertz CT molecular complexity index is 2060. The van der Waals surface area contributed by atoms with Crippen molar-refractivity contribution in [3.05, 3.63) is 97.1 Å². The Morgan fingerprint density at radius 2 is 0.372 bits per heavy atom. The van der Waals surface area contributed by atoms with Crippen LogP contribution in [0, 0.1) is 0 Å². The van der Waals surface area contributed by atoms with Crippen LogP contribution in [0.4, 0.5) is 0 Å². The SMILES string of the molecule is CCCCCCCCCCCCCC(CCCCCCCCCCCCC)N(P(c1ccc([Si](CCC)(CCC)CCC)cc1)c1ccc([Si](CCC)(CCC)CCC)cc1)P(c1ccc([Si](CCC)(CCC)CCC)cc1)c1ccc([Si](CCC)(CCC)CCC)cc1. The maximum atomic E-state index is 3.42. The van der Waals surface area contributed by atoms with Gasteiger partial charge in [0.2, 0.25) is 0 Å². The first-order valence-electron chi connectivity index (χ1n) is 41.8. The van der Waals surface area contributed by atoms with E-state index in [0.29, 0.717) is 6.04 Å². The largest absolute Gasteiger partial charge is 0.242 e. The first kappa shape index (κ1) is 85.0. The second kappa shape index (κ2) is 50.0. The Morgan fingerprint density at radius 3 is 0.532 bits per heavy atom. The third-order valence-corrected chi connectivity index (χ3v) is 52.1. The second-order valence-electron chi connectivity index (χ2n) is 30.6. The smallest absolute Gasteiger partial charge is 0.0866 e. The molecular formula is C87H155NP2Si4. The molecule has 0 atom stereocenters. The van der Waals surface area contributed by atoms with Crippen LogP contribution in [0.3, 0.4) is 0 Å². The molecule has 0 saturated carbocycles. The highest BCUT2D eigenvalue weighted by Gasteiger charge is 2.41. The van der Waals surface area contributed by atoms with Crippen molar-refractivity contribution >= 4 is 90.4 Å². The van der Waals surface area contributed by atoms with Crippen LogP contribution >= 0.6 is 16.1 Å². The van der Waals surface area contributed by atoms with E-state index in [-0.39, 0.29) is 0 Å². The predicted molar refractivity (Wildman–Crippen MR) is 449 cm³/mol. The van der Waals surface area contributed by atoms with Gasteiger partial charge in [0, 0.05) is 22.2 Å². The fourth-order valence-electron chi connectivity index (χ4n) is 18.5. The van der Waals surface area contributed by atoms with Gasteiger partial charge in [0.15, 0.2) is 0 Å². The van der Waals surface area contributed by atoms with Gasteiger partial charge < -0.3 is 0 Å². The Kier molecular flexibility index (Phi) is 45.2. The zero-order chi connectivity index (χ0) is 68.2. The van der Waals surface area contributed by atoms with E-state index in [0.717, 1.165) is 0 Å². The first-order chi connectivity index (χ1) is 46.0. The molecule has 1 nitrogen and oxygen atoms in total. The van der Waals surface area contributed by atoms with E-state index in [1.54, 1.807) is 42.0 Å². The summed E-state index contributed by atoms with van der Waals surface area (Å²) >= 11 is 0. The highest BCUT2D eigenvalue weighted by atomic mass is 31.2. The van der Waals surface area contributed by atoms with Crippen molar-refractivity contribution in [3.8, 4) is 0 Å². The summed E-state index contributed by atoms with van der Waals surface area (Å²) in [5.41, 5.74) is 0. The van der Waals surface area contributed by atoms with Crippen molar-refractivity contribution in [1.29, 1.82) is 0 Å². The minimum atomic E-state index is -1.69. The minimum Gasteiger partial charge on any atom is -0.242 e. The molecule has 0 aliphatic carbocycles. The molecule has 0 heterocycles. The van der Waals surface area contributed by atoms with Crippen molar-refractivity contribution in [1.82, 2.24) is 4.44 Å². The second-order valence-corrected chi connectivity index (χ2v) is 53.6. The van der Waals surface area contributed by atoms with Crippen LogP contribution in [0.1, 0.15) is 328 Å². The zero-order valence-corrected chi connectivity index (χ0v) is 70.9. The van der Waals surface area contributed by atoms with Crippen LogP contribution in [-0.2, 0) is 0 Å². The van der Waals surface area contributed by atoms with Gasteiger partial charge in [-0.25, -0.2) is 4.44 Å². The van der Waals surface area contributed by atoms with Crippen LogP contribution < -0.4 is 42.0 Å². The molecular weight excluding hydrogens is 1230 g/mol. The van der Waals surface area contributed by atoms with E-state index in [1.807, 2.05) is 0 Å². The molecule has 0 radical (unpaired) electrons. The summed E-state index contributed by atoms with van der Waals surface area (Å²) in [6.07, 6.45) is 49.1. The Balaban J connectivity index is 2.19. The highest BCUT2D eigenvalue weighted by molar-refractivity contribution is 7.84. The summed E-state index contributed by atoms with van der Waals surface area (Å²) < 4.78 is 3.42. The van der Waals surface area contributed by atoms with E-state index in [4.69, 9.17) is 0 Å². The maximum Gasteiger partial charge on any atom is 0.0866 e. The number of hydrogen-bond donors (Lipinski definition) is 0. The molecule has 94 heavy (non-hydrogen) atoms. The van der Waals surface area contributed by atoms with E-state index < -0.39 is 48.4 Å². The Hall–Kier alpha value is -1.43. The lowest BCUT2D eigenvalue weighted by atomic mass is 10.00. The fourth-order valence-corrected chi connectivity index (χ4v) is 46.2. The monoisotopic (exact) mass is 1390 g/mol. The molecule has 0 unspecified atom stereocenters. The van der Waals surface area contributed by atoms with E-state index in [1.165, 1.54) is 304 Å². The van der Waals surface area contributed by atoms with Crippen LogP contribution in [0.5, 0.6) is 0 Å². The summed E-state index contributed by atoms with van der Waals surface area (Å²) in [5, 5.41) is 13.4. The molecule has 0 aromatic heterocycles. The molecule has 4 aromatic rings. The molecule has 0 aliphatic heterocycles. The normalized spacial score (nSPS) is 12.7. The van der Waals surface area contributed by atoms with Crippen LogP contribution in [0.2, 0.25) is 72.5 Å². The van der Waals surface area contributed by atoms with Gasteiger partial charge in [0.1, 0.15) is 0 Å². The quantitative estimate of drug-likeness (QED) is 0.0242. The molecule has 0 N–H and O–H groups in total. The Morgan fingerprint density at radius 1 is 0.213 bits per heavy atom. The maximum absolute atomic E-state index is 3.42. The molecule has 4 aromatic carbocycles. The summed E-state index contributed by atoms with van der Waals surface area (Å²) in [6.45, 7) is 34.5. The summed E-state index contributed by atoms with van der Waals surface area (Å²) in [5.74, 6) is 0. The molecule has 0 spiro atoms. The topological polar surface area (TPSA) is 3.24 Å². The minimum absolute atomic E-state index is 0.484. The van der Waals surface area contributed by atoms with E-state index >= 15 is 0 Å². The van der Waals surface area contributed by atoms with Gasteiger partial charge in [0.05, 0.1) is 32.3 Å². The van der Waals surface area contributed by atoms with Gasteiger partial charge in [-0.1, -0.05) is 506 Å². The third kappa shape index (κ3) is 26.8. The Labute approximate surface area is 594 Å². The average Bonchev–Trinajstić information content (AvgIpc) is 0.759. The van der Waals surface area contributed by atoms with Crippen LogP contribution in [-0.4, -0.2) is 42.8 Å². The van der Waals surface area contributed by atoms with E-state index in [9.17, 15) is 0 Å². The van der Waals surface area contributed by atoms with Gasteiger partial charge in [0.25, 0.3) is 0 Å². The number of hydrogen-bond acceptors (Lipinski definition) is 1. The van der Waals surface area contributed by atoms with Crippen molar-refractivity contribution < 1.29 is 0 Å². The lowest BCUT2D eigenvalue weighted by Crippen LogP contribution is -2.48. The zero-order valence-electron chi connectivity index (χ0n) is 65.1. The molecule has 4 rings (SSSR count).